The molecular weight excluding hydrogens is 676 g/mol. The number of benzene rings is 3. The van der Waals surface area contributed by atoms with Crippen LogP contribution in [0, 0.1) is 18.3 Å². The van der Waals surface area contributed by atoms with Crippen LogP contribution in [0.15, 0.2) is 73.1 Å². The fourth-order valence-electron chi connectivity index (χ4n) is 5.66. The zero-order valence-corrected chi connectivity index (χ0v) is 28.8. The van der Waals surface area contributed by atoms with Gasteiger partial charge >= 0.3 is 5.97 Å². The number of nitriles is 1. The van der Waals surface area contributed by atoms with Gasteiger partial charge in [0.2, 0.25) is 5.91 Å². The number of aliphatic hydroxyl groups is 2. The van der Waals surface area contributed by atoms with E-state index in [1.54, 1.807) is 29.3 Å². The number of pyridine rings is 1. The number of ether oxygens (including phenoxy) is 3. The number of nitrogens with one attached hydrogen (secondary N) is 1. The summed E-state index contributed by atoms with van der Waals surface area (Å²) < 4.78 is 18.2. The van der Waals surface area contributed by atoms with Crippen LogP contribution in [0.1, 0.15) is 40.7 Å². The summed E-state index contributed by atoms with van der Waals surface area (Å²) >= 11 is 6.66. The molecule has 4 N–H and O–H groups in total. The molecule has 266 valence electrons. The summed E-state index contributed by atoms with van der Waals surface area (Å²) in [6.07, 6.45) is 3.41. The van der Waals surface area contributed by atoms with Crippen LogP contribution in [0.25, 0.3) is 11.1 Å². The Hall–Kier alpha value is -5.19. The summed E-state index contributed by atoms with van der Waals surface area (Å²) in [5.41, 5.74) is 5.38. The Morgan fingerprint density at radius 1 is 1.06 bits per heavy atom. The monoisotopic (exact) mass is 714 g/mol. The number of carboxylic acid groups (broad SMARTS) is 1. The van der Waals surface area contributed by atoms with Gasteiger partial charge in [-0.25, -0.2) is 0 Å². The Morgan fingerprint density at radius 2 is 1.86 bits per heavy atom. The van der Waals surface area contributed by atoms with Gasteiger partial charge < -0.3 is 34.4 Å². The molecule has 12 nitrogen and oxygen atoms in total. The highest BCUT2D eigenvalue weighted by atomic mass is 35.5. The first-order valence-electron chi connectivity index (χ1n) is 16.4. The molecule has 1 aliphatic rings. The highest BCUT2D eigenvalue weighted by Crippen LogP contribution is 2.35. The van der Waals surface area contributed by atoms with E-state index in [-0.39, 0.29) is 43.7 Å². The number of β-amino-alcohol motifs (C(OH)–C–C–N with tert-alkyl or cyclic N) is 1. The second kappa shape index (κ2) is 17.6. The molecular formula is C38H39ClN4O8. The van der Waals surface area contributed by atoms with Gasteiger partial charge in [-0.05, 0) is 59.9 Å². The zero-order valence-electron chi connectivity index (χ0n) is 28.0. The average molecular weight is 715 g/mol. The van der Waals surface area contributed by atoms with Crippen LogP contribution in [0.2, 0.25) is 5.02 Å². The number of carbonyl (C=O) groups is 2. The third-order valence-corrected chi connectivity index (χ3v) is 8.82. The predicted octanol–water partition coefficient (Wildman–Crippen LogP) is 4.64. The van der Waals surface area contributed by atoms with E-state index in [9.17, 15) is 30.2 Å². The van der Waals surface area contributed by atoms with Crippen molar-refractivity contribution in [3.05, 3.63) is 106 Å². The number of nitrogens with zero attached hydrogens (tertiary/aromatic N) is 3. The topological polar surface area (TPSA) is 174 Å². The van der Waals surface area contributed by atoms with Gasteiger partial charge in [0.05, 0.1) is 36.3 Å². The minimum Gasteiger partial charge on any atom is -0.493 e. The number of rotatable bonds is 16. The molecule has 51 heavy (non-hydrogen) atoms. The Labute approximate surface area is 300 Å². The van der Waals surface area contributed by atoms with Crippen molar-refractivity contribution < 1.29 is 39.1 Å². The fraction of sp³-hybridized carbons (Fsp3) is 0.316. The molecule has 1 unspecified atom stereocenters. The molecule has 1 aromatic heterocycles. The number of aliphatic carboxylic acids is 1. The summed E-state index contributed by atoms with van der Waals surface area (Å²) in [5, 5.41) is 40.8. The van der Waals surface area contributed by atoms with Crippen molar-refractivity contribution in [2.24, 2.45) is 0 Å². The molecule has 4 aromatic rings. The zero-order chi connectivity index (χ0) is 36.3. The summed E-state index contributed by atoms with van der Waals surface area (Å²) in [4.78, 5) is 29.6. The first-order chi connectivity index (χ1) is 24.6. The number of likely N-dealkylation sites (tertiary alicyclic amines) is 1. The second-order valence-electron chi connectivity index (χ2n) is 12.1. The van der Waals surface area contributed by atoms with E-state index in [0.717, 1.165) is 22.3 Å². The summed E-state index contributed by atoms with van der Waals surface area (Å²) in [5.74, 6) is 0.115. The molecule has 2 atom stereocenters. The molecule has 0 radical (unpaired) electrons. The Bertz CT molecular complexity index is 1900. The molecule has 13 heteroatoms. The van der Waals surface area contributed by atoms with Crippen molar-refractivity contribution in [3.63, 3.8) is 0 Å². The number of hydrogen-bond donors (Lipinski definition) is 4. The van der Waals surface area contributed by atoms with E-state index in [4.69, 9.17) is 25.8 Å². The highest BCUT2D eigenvalue weighted by Gasteiger charge is 2.24. The average Bonchev–Trinajstić information content (AvgIpc) is 3.57. The van der Waals surface area contributed by atoms with Crippen LogP contribution in [-0.4, -0.2) is 75.5 Å². The molecule has 1 saturated heterocycles. The minimum atomic E-state index is -1.20. The number of aliphatic hydroxyl groups excluding tert-OH is 2. The van der Waals surface area contributed by atoms with Gasteiger partial charge in [0, 0.05) is 49.2 Å². The van der Waals surface area contributed by atoms with Gasteiger partial charge in [0.15, 0.2) is 0 Å². The maximum Gasteiger partial charge on any atom is 0.323 e. The molecule has 0 aliphatic carbocycles. The number of carboxylic acids is 1. The third kappa shape index (κ3) is 9.96. The largest absolute Gasteiger partial charge is 0.493 e. The quantitative estimate of drug-likeness (QED) is 0.127. The highest BCUT2D eigenvalue weighted by molar-refractivity contribution is 6.32. The Morgan fingerprint density at radius 3 is 2.61 bits per heavy atom. The van der Waals surface area contributed by atoms with E-state index in [1.165, 1.54) is 6.20 Å². The maximum atomic E-state index is 12.4. The molecule has 1 amide bonds. The van der Waals surface area contributed by atoms with E-state index in [1.807, 2.05) is 55.5 Å². The number of hydrogen-bond acceptors (Lipinski definition) is 10. The number of carbonyl (C=O) groups excluding carboxylic acids is 1. The molecule has 1 fully saturated rings. The van der Waals surface area contributed by atoms with E-state index in [0.29, 0.717) is 53.4 Å². The lowest BCUT2D eigenvalue weighted by Gasteiger charge is -2.18. The van der Waals surface area contributed by atoms with Crippen molar-refractivity contribution in [3.8, 4) is 34.4 Å². The Balaban J connectivity index is 1.29. The van der Waals surface area contributed by atoms with Gasteiger partial charge in [-0.15, -0.1) is 0 Å². The van der Waals surface area contributed by atoms with Crippen LogP contribution < -0.4 is 19.5 Å². The smallest absolute Gasteiger partial charge is 0.323 e. The lowest BCUT2D eigenvalue weighted by Crippen LogP contribution is -2.39. The van der Waals surface area contributed by atoms with E-state index >= 15 is 0 Å². The lowest BCUT2D eigenvalue weighted by atomic mass is 9.96. The van der Waals surface area contributed by atoms with Gasteiger partial charge in [-0.3, -0.25) is 19.9 Å². The molecule has 2 heterocycles. The van der Waals surface area contributed by atoms with Crippen LogP contribution in [0.3, 0.4) is 0 Å². The molecule has 5 rings (SSSR count). The van der Waals surface area contributed by atoms with Gasteiger partial charge in [-0.2, -0.15) is 5.26 Å². The van der Waals surface area contributed by atoms with Crippen LogP contribution in [0.4, 0.5) is 0 Å². The first kappa shape index (κ1) is 37.1. The van der Waals surface area contributed by atoms with Crippen LogP contribution in [0.5, 0.6) is 17.2 Å². The van der Waals surface area contributed by atoms with Crippen molar-refractivity contribution >= 4 is 23.5 Å². The molecule has 0 saturated carbocycles. The molecule has 0 spiro atoms. The summed E-state index contributed by atoms with van der Waals surface area (Å²) in [6, 6.07) is 19.3. The minimum absolute atomic E-state index is 0.0339. The van der Waals surface area contributed by atoms with Crippen LogP contribution >= 0.6 is 11.6 Å². The van der Waals surface area contributed by atoms with Crippen molar-refractivity contribution in [1.29, 1.82) is 5.26 Å². The maximum absolute atomic E-state index is 12.4. The Kier molecular flexibility index (Phi) is 12.8. The number of aromatic nitrogens is 1. The normalized spacial score (nSPS) is 14.5. The molecule has 0 bridgehead atoms. The van der Waals surface area contributed by atoms with Gasteiger partial charge in [-0.1, -0.05) is 41.9 Å². The lowest BCUT2D eigenvalue weighted by molar-refractivity contribution is -0.140. The van der Waals surface area contributed by atoms with Gasteiger partial charge in [0.25, 0.3) is 0 Å². The van der Waals surface area contributed by atoms with E-state index in [2.05, 4.69) is 10.3 Å². The van der Waals surface area contributed by atoms with Crippen molar-refractivity contribution in [1.82, 2.24) is 15.2 Å². The standard InChI is InChI=1S/C38H39ClN4O8/c1-24-28(5-3-7-32(24)27-4-2-6-31(13-27)49-11-9-37(46)43-10-8-30(45)20-43)23-51-36-15-35(50-22-26-12-25(16-40)17-41-18-26)29(14-33(36)39)19-42-34(21-44)38(47)48/h2-7,12-15,17-18,30,34,42,44-45H,8-11,19-23H2,1H3,(H,47,48)/t30-,34?/m1/s1. The SMILES string of the molecule is Cc1c(COc2cc(OCc3cncc(C#N)c3)c(CNC(CO)C(=O)O)cc2Cl)cccc1-c1cccc(OCCC(=O)N2CC[C@@H](O)C2)c1. The van der Waals surface area contributed by atoms with Crippen molar-refractivity contribution in [2.45, 2.75) is 51.7 Å². The number of amides is 1. The molecule has 1 aliphatic heterocycles. The van der Waals surface area contributed by atoms with Crippen LogP contribution in [-0.2, 0) is 29.3 Å². The fourth-order valence-corrected chi connectivity index (χ4v) is 5.90. The van der Waals surface area contributed by atoms with E-state index < -0.39 is 24.7 Å². The summed E-state index contributed by atoms with van der Waals surface area (Å²) in [7, 11) is 0. The third-order valence-electron chi connectivity index (χ3n) is 8.53. The predicted molar refractivity (Wildman–Crippen MR) is 188 cm³/mol. The second-order valence-corrected chi connectivity index (χ2v) is 12.5. The molecule has 3 aromatic carbocycles. The van der Waals surface area contributed by atoms with Gasteiger partial charge in [0.1, 0.15) is 42.6 Å². The first-order valence-corrected chi connectivity index (χ1v) is 16.8. The van der Waals surface area contributed by atoms with Crippen molar-refractivity contribution in [2.75, 3.05) is 26.3 Å². The number of halogens is 1. The summed E-state index contributed by atoms with van der Waals surface area (Å²) in [6.45, 7) is 2.85.